The second kappa shape index (κ2) is 5.48. The third-order valence-corrected chi connectivity index (χ3v) is 2.75. The van der Waals surface area contributed by atoms with E-state index in [4.69, 9.17) is 5.73 Å². The Kier molecular flexibility index (Phi) is 3.75. The van der Waals surface area contributed by atoms with Gasteiger partial charge >= 0.3 is 0 Å². The molecule has 0 amide bonds. The van der Waals surface area contributed by atoms with Crippen LogP contribution in [0.25, 0.3) is 0 Å². The highest BCUT2D eigenvalue weighted by molar-refractivity contribution is 5.40. The maximum Gasteiger partial charge on any atom is 0.133 e. The summed E-state index contributed by atoms with van der Waals surface area (Å²) in [5.74, 6) is 1.05. The van der Waals surface area contributed by atoms with Crippen LogP contribution in [0.2, 0.25) is 0 Å². The molecule has 0 spiro atoms. The molecular weight excluding hydrogens is 212 g/mol. The minimum atomic E-state index is 0.817. The van der Waals surface area contributed by atoms with Gasteiger partial charge in [0.1, 0.15) is 12.2 Å². The van der Waals surface area contributed by atoms with E-state index in [1.165, 1.54) is 5.56 Å². The van der Waals surface area contributed by atoms with Crippen molar-refractivity contribution in [2.45, 2.75) is 32.7 Å². The van der Waals surface area contributed by atoms with Crippen LogP contribution in [0.1, 0.15) is 24.7 Å². The summed E-state index contributed by atoms with van der Waals surface area (Å²) in [6, 6.07) is 8.00. The van der Waals surface area contributed by atoms with Crippen LogP contribution in [-0.4, -0.2) is 14.8 Å². The predicted octanol–water partition coefficient (Wildman–Crippen LogP) is 2.06. The molecule has 0 bridgehead atoms. The zero-order valence-corrected chi connectivity index (χ0v) is 10.1. The van der Waals surface area contributed by atoms with Crippen LogP contribution in [-0.2, 0) is 19.4 Å². The van der Waals surface area contributed by atoms with Crippen molar-refractivity contribution in [2.24, 2.45) is 0 Å². The zero-order chi connectivity index (χ0) is 12.1. The number of aromatic nitrogens is 3. The molecule has 1 aromatic carbocycles. The molecule has 17 heavy (non-hydrogen) atoms. The van der Waals surface area contributed by atoms with Crippen LogP contribution in [0.15, 0.2) is 30.6 Å². The molecule has 2 rings (SSSR count). The maximum absolute atomic E-state index is 5.75. The Morgan fingerprint density at radius 2 is 2.18 bits per heavy atom. The first-order valence-corrected chi connectivity index (χ1v) is 6.00. The largest absolute Gasteiger partial charge is 0.399 e. The lowest BCUT2D eigenvalue weighted by atomic mass is 10.1. The molecule has 0 fully saturated rings. The van der Waals surface area contributed by atoms with Crippen LogP contribution in [0.4, 0.5) is 5.69 Å². The fraction of sp³-hybridized carbons (Fsp3) is 0.385. The van der Waals surface area contributed by atoms with E-state index in [0.717, 1.165) is 37.3 Å². The molecule has 90 valence electrons. The number of nitrogens with zero attached hydrogens (tertiary/aromatic N) is 3. The highest BCUT2D eigenvalue weighted by Gasteiger charge is 2.03. The summed E-state index contributed by atoms with van der Waals surface area (Å²) in [5.41, 5.74) is 7.82. The third kappa shape index (κ3) is 3.06. The van der Waals surface area contributed by atoms with Gasteiger partial charge in [0.15, 0.2) is 0 Å². The van der Waals surface area contributed by atoms with Gasteiger partial charge in [-0.3, -0.25) is 0 Å². The first-order valence-electron chi connectivity index (χ1n) is 6.00. The summed E-state index contributed by atoms with van der Waals surface area (Å²) in [5, 5.41) is 8.11. The standard InChI is InChI=1S/C13H18N4/c1-2-8-17-10-15-16-13(17)7-6-11-4-3-5-12(14)9-11/h3-5,9-10H,2,6-8,14H2,1H3. The number of aryl methyl sites for hydroxylation is 3. The van der Waals surface area contributed by atoms with Gasteiger partial charge < -0.3 is 10.3 Å². The summed E-state index contributed by atoms with van der Waals surface area (Å²) in [6.45, 7) is 3.14. The van der Waals surface area contributed by atoms with Crippen LogP contribution in [0.3, 0.4) is 0 Å². The smallest absolute Gasteiger partial charge is 0.133 e. The van der Waals surface area contributed by atoms with Gasteiger partial charge in [0.25, 0.3) is 0 Å². The molecule has 0 unspecified atom stereocenters. The average Bonchev–Trinajstić information content (AvgIpc) is 2.75. The molecule has 0 aliphatic carbocycles. The van der Waals surface area contributed by atoms with Crippen molar-refractivity contribution in [3.8, 4) is 0 Å². The van der Waals surface area contributed by atoms with Crippen molar-refractivity contribution >= 4 is 5.69 Å². The maximum atomic E-state index is 5.75. The molecule has 4 nitrogen and oxygen atoms in total. The van der Waals surface area contributed by atoms with Crippen molar-refractivity contribution < 1.29 is 0 Å². The SMILES string of the molecule is CCCn1cnnc1CCc1cccc(N)c1. The quantitative estimate of drug-likeness (QED) is 0.800. The molecule has 1 heterocycles. The number of nitrogen functional groups attached to an aromatic ring is 1. The fourth-order valence-corrected chi connectivity index (χ4v) is 1.90. The topological polar surface area (TPSA) is 56.7 Å². The highest BCUT2D eigenvalue weighted by Crippen LogP contribution is 2.09. The molecule has 0 saturated carbocycles. The van der Waals surface area contributed by atoms with Crippen molar-refractivity contribution in [2.75, 3.05) is 5.73 Å². The summed E-state index contributed by atoms with van der Waals surface area (Å²) < 4.78 is 2.12. The van der Waals surface area contributed by atoms with Gasteiger partial charge in [-0.05, 0) is 30.5 Å². The third-order valence-electron chi connectivity index (χ3n) is 2.75. The monoisotopic (exact) mass is 230 g/mol. The van der Waals surface area contributed by atoms with Crippen LogP contribution in [0.5, 0.6) is 0 Å². The highest BCUT2D eigenvalue weighted by atomic mass is 15.3. The molecule has 0 saturated heterocycles. The van der Waals surface area contributed by atoms with E-state index in [1.807, 2.05) is 18.2 Å². The summed E-state index contributed by atoms with van der Waals surface area (Å²) in [6.07, 6.45) is 4.76. The van der Waals surface area contributed by atoms with E-state index in [1.54, 1.807) is 6.33 Å². The zero-order valence-electron chi connectivity index (χ0n) is 10.1. The Balaban J connectivity index is 1.99. The van der Waals surface area contributed by atoms with Crippen LogP contribution < -0.4 is 5.73 Å². The lowest BCUT2D eigenvalue weighted by Gasteiger charge is -2.05. The molecule has 0 aliphatic rings. The summed E-state index contributed by atoms with van der Waals surface area (Å²) >= 11 is 0. The molecule has 0 atom stereocenters. The molecular formula is C13H18N4. The van der Waals surface area contributed by atoms with Gasteiger partial charge in [0.2, 0.25) is 0 Å². The van der Waals surface area contributed by atoms with Gasteiger partial charge in [-0.25, -0.2) is 0 Å². The Bertz CT molecular complexity index is 476. The minimum absolute atomic E-state index is 0.817. The van der Waals surface area contributed by atoms with Gasteiger partial charge in [0, 0.05) is 18.7 Å². The van der Waals surface area contributed by atoms with E-state index >= 15 is 0 Å². The first-order chi connectivity index (χ1) is 8.29. The van der Waals surface area contributed by atoms with Gasteiger partial charge in [-0.1, -0.05) is 19.1 Å². The minimum Gasteiger partial charge on any atom is -0.399 e. The molecule has 0 aliphatic heterocycles. The lowest BCUT2D eigenvalue weighted by molar-refractivity contribution is 0.633. The number of benzene rings is 1. The van der Waals surface area contributed by atoms with Crippen molar-refractivity contribution in [3.05, 3.63) is 42.0 Å². The molecule has 2 aromatic rings. The number of rotatable bonds is 5. The van der Waals surface area contributed by atoms with E-state index in [2.05, 4.69) is 27.8 Å². The molecule has 4 heteroatoms. The van der Waals surface area contributed by atoms with E-state index in [9.17, 15) is 0 Å². The van der Waals surface area contributed by atoms with Crippen molar-refractivity contribution in [3.63, 3.8) is 0 Å². The Morgan fingerprint density at radius 1 is 1.29 bits per heavy atom. The number of nitrogens with two attached hydrogens (primary N) is 1. The fourth-order valence-electron chi connectivity index (χ4n) is 1.90. The van der Waals surface area contributed by atoms with Crippen molar-refractivity contribution in [1.29, 1.82) is 0 Å². The summed E-state index contributed by atoms with van der Waals surface area (Å²) in [4.78, 5) is 0. The van der Waals surface area contributed by atoms with E-state index in [-0.39, 0.29) is 0 Å². The lowest BCUT2D eigenvalue weighted by Crippen LogP contribution is -2.04. The Morgan fingerprint density at radius 3 is 2.94 bits per heavy atom. The van der Waals surface area contributed by atoms with Gasteiger partial charge in [0.05, 0.1) is 0 Å². The summed E-state index contributed by atoms with van der Waals surface area (Å²) in [7, 11) is 0. The van der Waals surface area contributed by atoms with Crippen LogP contribution in [0, 0.1) is 0 Å². The predicted molar refractivity (Wildman–Crippen MR) is 68.6 cm³/mol. The van der Waals surface area contributed by atoms with Crippen molar-refractivity contribution in [1.82, 2.24) is 14.8 Å². The second-order valence-electron chi connectivity index (χ2n) is 4.19. The van der Waals surface area contributed by atoms with Crippen LogP contribution >= 0.6 is 0 Å². The molecule has 0 radical (unpaired) electrons. The average molecular weight is 230 g/mol. The molecule has 2 N–H and O–H groups in total. The van der Waals surface area contributed by atoms with E-state index < -0.39 is 0 Å². The first kappa shape index (κ1) is 11.6. The normalized spacial score (nSPS) is 10.6. The number of anilines is 1. The number of hydrogen-bond donors (Lipinski definition) is 1. The second-order valence-corrected chi connectivity index (χ2v) is 4.19. The number of hydrogen-bond acceptors (Lipinski definition) is 3. The van der Waals surface area contributed by atoms with Gasteiger partial charge in [-0.2, -0.15) is 0 Å². The van der Waals surface area contributed by atoms with Gasteiger partial charge in [-0.15, -0.1) is 10.2 Å². The van der Waals surface area contributed by atoms with E-state index in [0.29, 0.717) is 0 Å². The Hall–Kier alpha value is -1.84. The molecule has 1 aromatic heterocycles. The Labute approximate surface area is 101 Å².